The molecule has 0 radical (unpaired) electrons. The third-order valence-electron chi connectivity index (χ3n) is 14.2. The van der Waals surface area contributed by atoms with Gasteiger partial charge in [0.25, 0.3) is 17.7 Å². The van der Waals surface area contributed by atoms with Crippen molar-refractivity contribution < 1.29 is 38.2 Å². The van der Waals surface area contributed by atoms with Gasteiger partial charge in [-0.05, 0) is 80.5 Å². The fraction of sp³-hybridized carbons (Fsp3) is 0.542. The van der Waals surface area contributed by atoms with Gasteiger partial charge in [0.2, 0.25) is 11.8 Å². The summed E-state index contributed by atoms with van der Waals surface area (Å²) in [5, 5.41) is 14.9. The van der Waals surface area contributed by atoms with Crippen LogP contribution in [-0.2, 0) is 14.3 Å². The van der Waals surface area contributed by atoms with Crippen molar-refractivity contribution in [2.24, 2.45) is 16.7 Å². The van der Waals surface area contributed by atoms with Gasteiger partial charge in [0, 0.05) is 75.5 Å². The van der Waals surface area contributed by atoms with Gasteiger partial charge in [0.1, 0.15) is 41.3 Å². The topological polar surface area (TPSA) is 196 Å². The molecule has 3 aromatic rings. The molecule has 5 aliphatic rings. The number of hydrogen-bond acceptors (Lipinski definition) is 13. The Balaban J connectivity index is 0.803. The van der Waals surface area contributed by atoms with Crippen LogP contribution in [0.15, 0.2) is 42.7 Å². The van der Waals surface area contributed by atoms with Crippen LogP contribution in [0.1, 0.15) is 114 Å². The minimum atomic E-state index is -1.01. The lowest BCUT2D eigenvalue weighted by Gasteiger charge is -2.63. The molecule has 2 saturated heterocycles. The molecule has 2 N–H and O–H groups in total. The number of nitrogens with zero attached hydrogens (tertiary/aromatic N) is 6. The summed E-state index contributed by atoms with van der Waals surface area (Å²) in [7, 11) is 1.71. The number of rotatable bonds is 14. The van der Waals surface area contributed by atoms with Crippen molar-refractivity contribution >= 4 is 35.4 Å². The number of nitrogens with one attached hydrogen (secondary N) is 2. The second kappa shape index (κ2) is 17.6. The van der Waals surface area contributed by atoms with E-state index in [0.29, 0.717) is 29.9 Å². The van der Waals surface area contributed by atoms with Crippen LogP contribution in [0, 0.1) is 41.9 Å². The van der Waals surface area contributed by atoms with Crippen molar-refractivity contribution in [1.82, 2.24) is 30.4 Å². The Morgan fingerprint density at radius 2 is 1.61 bits per heavy atom. The normalized spacial score (nSPS) is 25.0. The van der Waals surface area contributed by atoms with Crippen LogP contribution >= 0.6 is 0 Å². The highest BCUT2D eigenvalue weighted by atomic mass is 16.5. The molecule has 64 heavy (non-hydrogen) atoms. The Bertz CT molecular complexity index is 2340. The number of fused-ring (bicyclic) bond motifs is 1. The molecule has 5 amide bonds. The largest absolute Gasteiger partial charge is 0.490 e. The molecule has 3 aliphatic heterocycles. The third-order valence-corrected chi connectivity index (χ3v) is 14.2. The zero-order valence-electron chi connectivity index (χ0n) is 37.7. The molecule has 16 nitrogen and oxygen atoms in total. The van der Waals surface area contributed by atoms with Gasteiger partial charge in [0.05, 0.1) is 41.8 Å². The molecule has 16 heteroatoms. The van der Waals surface area contributed by atoms with E-state index < -0.39 is 29.7 Å². The quantitative estimate of drug-likeness (QED) is 0.211. The number of benzene rings is 2. The summed E-state index contributed by atoms with van der Waals surface area (Å²) in [4.78, 5) is 79.0. The van der Waals surface area contributed by atoms with E-state index in [1.54, 1.807) is 37.7 Å². The van der Waals surface area contributed by atoms with Crippen LogP contribution in [0.25, 0.3) is 0 Å². The van der Waals surface area contributed by atoms with Crippen molar-refractivity contribution in [3.05, 3.63) is 76.2 Å². The summed E-state index contributed by atoms with van der Waals surface area (Å²) in [6, 6.07) is 10.1. The average molecular weight is 875 g/mol. The number of amides is 5. The van der Waals surface area contributed by atoms with Gasteiger partial charge in [0.15, 0.2) is 0 Å². The Kier molecular flexibility index (Phi) is 12.3. The molecule has 4 heterocycles. The highest BCUT2D eigenvalue weighted by molar-refractivity contribution is 6.23. The number of anilines is 1. The van der Waals surface area contributed by atoms with Crippen molar-refractivity contribution in [3.63, 3.8) is 0 Å². The minimum absolute atomic E-state index is 0.0523. The molecule has 1 aromatic heterocycles. The number of aromatic nitrogens is 2. The van der Waals surface area contributed by atoms with E-state index in [1.807, 2.05) is 26.0 Å². The Morgan fingerprint density at radius 3 is 2.23 bits per heavy atom. The zero-order valence-corrected chi connectivity index (χ0v) is 37.7. The number of nitriles is 1. The van der Waals surface area contributed by atoms with Gasteiger partial charge in [-0.3, -0.25) is 39.1 Å². The first-order valence-electron chi connectivity index (χ1n) is 22.3. The first-order valence-corrected chi connectivity index (χ1v) is 22.3. The minimum Gasteiger partial charge on any atom is -0.490 e. The van der Waals surface area contributed by atoms with Crippen LogP contribution in [-0.4, -0.2) is 120 Å². The highest BCUT2D eigenvalue weighted by Gasteiger charge is 2.64. The molecule has 0 bridgehead atoms. The molecule has 8 rings (SSSR count). The van der Waals surface area contributed by atoms with Gasteiger partial charge in [-0.2, -0.15) is 5.26 Å². The maximum absolute atomic E-state index is 13.5. The van der Waals surface area contributed by atoms with Crippen LogP contribution in [0.3, 0.4) is 0 Å². The summed E-state index contributed by atoms with van der Waals surface area (Å²) >= 11 is 0. The van der Waals surface area contributed by atoms with Gasteiger partial charge >= 0.3 is 0 Å². The maximum atomic E-state index is 13.5. The molecule has 1 atom stereocenters. The number of hydrogen-bond donors (Lipinski definition) is 2. The summed E-state index contributed by atoms with van der Waals surface area (Å²) < 4.78 is 18.3. The average Bonchev–Trinajstić information content (AvgIpc) is 3.49. The zero-order chi connectivity index (χ0) is 45.7. The summed E-state index contributed by atoms with van der Waals surface area (Å²) in [5.41, 5.74) is 2.36. The second-order valence-corrected chi connectivity index (χ2v) is 19.3. The molecule has 2 aliphatic carbocycles. The SMILES string of the molecule is COCCN(CC1CCN(c2cnc(C(=O)NC3C(C)(C)C(Oc4cc(C)c(C#N)c(C)c4)C3(C)C)cn2)CC1)C1CC(Oc2ccc3c(c2)C(=O)N([C@@H]2CCC(=O)NC2=O)C3=O)C1. The first-order chi connectivity index (χ1) is 30.5. The maximum Gasteiger partial charge on any atom is 0.271 e. The number of aryl methyl sites for hydroxylation is 2. The van der Waals surface area contributed by atoms with E-state index in [9.17, 15) is 29.2 Å². The van der Waals surface area contributed by atoms with Crippen molar-refractivity contribution in [2.75, 3.05) is 44.8 Å². The van der Waals surface area contributed by atoms with E-state index in [-0.39, 0.29) is 64.6 Å². The first kappa shape index (κ1) is 44.7. The number of carbonyl (C=O) groups is 5. The van der Waals surface area contributed by atoms with Gasteiger partial charge in [-0.1, -0.05) is 27.7 Å². The highest BCUT2D eigenvalue weighted by Crippen LogP contribution is 2.55. The number of ether oxygens (including phenoxy) is 3. The fourth-order valence-electron chi connectivity index (χ4n) is 10.9. The van der Waals surface area contributed by atoms with Crippen LogP contribution in [0.2, 0.25) is 0 Å². The van der Waals surface area contributed by atoms with E-state index in [4.69, 9.17) is 14.2 Å². The predicted octanol–water partition coefficient (Wildman–Crippen LogP) is 4.75. The standard InChI is InChI=1S/C48H58N8O8/c1-27-18-32(19-28(2)36(27)23-49)64-46-47(3,4)45(48(46,5)6)53-41(58)37-24-51-39(25-50-37)54-14-12-29(13-15-54)26-55(16-17-62-7)30-20-33(21-30)63-31-8-9-34-35(22-31)44(61)56(43(34)60)38-10-11-40(57)52-42(38)59/h8-9,18-19,22,24-25,29-30,33,38,45-46H,10-17,20-21,26H2,1-7H3,(H,53,58)(H,52,57,59)/t30?,33?,38-,45?,46?/m1/s1. The number of carbonyl (C=O) groups excluding carboxylic acids is 5. The molecule has 0 spiro atoms. The molecule has 4 fully saturated rings. The van der Waals surface area contributed by atoms with Crippen molar-refractivity contribution in [1.29, 1.82) is 5.26 Å². The lowest BCUT2D eigenvalue weighted by atomic mass is 9.49. The van der Waals surface area contributed by atoms with E-state index in [0.717, 1.165) is 79.5 Å². The van der Waals surface area contributed by atoms with Gasteiger partial charge in [-0.25, -0.2) is 9.97 Å². The summed E-state index contributed by atoms with van der Waals surface area (Å²) in [5.74, 6) is 0.0224. The smallest absolute Gasteiger partial charge is 0.271 e. The predicted molar refractivity (Wildman–Crippen MR) is 235 cm³/mol. The number of imide groups is 2. The molecular weight excluding hydrogens is 817 g/mol. The van der Waals surface area contributed by atoms with E-state index in [1.165, 1.54) is 0 Å². The van der Waals surface area contributed by atoms with Crippen molar-refractivity contribution in [3.8, 4) is 17.6 Å². The van der Waals surface area contributed by atoms with Gasteiger partial charge in [-0.15, -0.1) is 0 Å². The molecule has 338 valence electrons. The third kappa shape index (κ3) is 8.43. The summed E-state index contributed by atoms with van der Waals surface area (Å²) in [6.07, 6.45) is 6.78. The molecule has 2 aromatic carbocycles. The van der Waals surface area contributed by atoms with Crippen LogP contribution in [0.4, 0.5) is 5.82 Å². The van der Waals surface area contributed by atoms with E-state index >= 15 is 0 Å². The summed E-state index contributed by atoms with van der Waals surface area (Å²) in [6.45, 7) is 16.2. The number of methoxy groups -OCH3 is 1. The molecule has 2 saturated carbocycles. The van der Waals surface area contributed by atoms with Crippen LogP contribution < -0.4 is 25.0 Å². The van der Waals surface area contributed by atoms with E-state index in [2.05, 4.69) is 64.2 Å². The van der Waals surface area contributed by atoms with Crippen LogP contribution in [0.5, 0.6) is 11.5 Å². The molecule has 0 unspecified atom stereocenters. The Labute approximate surface area is 374 Å². The second-order valence-electron chi connectivity index (χ2n) is 19.3. The lowest BCUT2D eigenvalue weighted by molar-refractivity contribution is -0.164. The number of piperidine rings is 2. The van der Waals surface area contributed by atoms with Crippen molar-refractivity contribution in [2.45, 2.75) is 110 Å². The molecular formula is C48H58N8O8. The lowest BCUT2D eigenvalue weighted by Crippen LogP contribution is -2.74. The Hall–Kier alpha value is -5.92. The van der Waals surface area contributed by atoms with Gasteiger partial charge < -0.3 is 24.4 Å². The fourth-order valence-corrected chi connectivity index (χ4v) is 10.9. The Morgan fingerprint density at radius 1 is 0.922 bits per heavy atom. The monoisotopic (exact) mass is 874 g/mol.